The number of aryl methyl sites for hydroxylation is 1. The maximum atomic E-state index is 12.8. The monoisotopic (exact) mass is 508 g/mol. The van der Waals surface area contributed by atoms with Crippen LogP contribution in [0.25, 0.3) is 11.3 Å². The van der Waals surface area contributed by atoms with Gasteiger partial charge in [-0.05, 0) is 31.2 Å². The number of nitrogens with zero attached hydrogens (tertiary/aromatic N) is 4. The Balaban J connectivity index is 1.69. The lowest BCUT2D eigenvalue weighted by atomic mass is 10.1. The van der Waals surface area contributed by atoms with Gasteiger partial charge in [-0.1, -0.05) is 13.0 Å². The lowest BCUT2D eigenvalue weighted by Gasteiger charge is -2.17. The summed E-state index contributed by atoms with van der Waals surface area (Å²) < 4.78 is 44.1. The van der Waals surface area contributed by atoms with Gasteiger partial charge >= 0.3 is 6.18 Å². The SMILES string of the molecule is CCC(=O)c1cnc(Nc2ccc(C(F)(F)F)nc2)cc1Nc1cccc(-c2cnc(C)cn2)c1OC. The maximum absolute atomic E-state index is 12.8. The van der Waals surface area contributed by atoms with Crippen LogP contribution in [-0.4, -0.2) is 32.8 Å². The molecule has 3 heterocycles. The first kappa shape index (κ1) is 25.5. The molecule has 3 aromatic heterocycles. The third-order valence-corrected chi connectivity index (χ3v) is 5.40. The molecular formula is C26H23F3N6O2. The van der Waals surface area contributed by atoms with E-state index in [1.165, 1.54) is 19.4 Å². The Morgan fingerprint density at radius 1 is 0.946 bits per heavy atom. The highest BCUT2D eigenvalue weighted by Crippen LogP contribution is 2.38. The zero-order valence-corrected chi connectivity index (χ0v) is 20.2. The molecule has 0 saturated carbocycles. The van der Waals surface area contributed by atoms with Gasteiger partial charge in [0.05, 0.1) is 53.5 Å². The van der Waals surface area contributed by atoms with E-state index >= 15 is 0 Å². The van der Waals surface area contributed by atoms with Gasteiger partial charge in [0.2, 0.25) is 0 Å². The quantitative estimate of drug-likeness (QED) is 0.266. The minimum absolute atomic E-state index is 0.141. The van der Waals surface area contributed by atoms with Crippen molar-refractivity contribution in [1.29, 1.82) is 0 Å². The number of anilines is 4. The molecule has 4 aromatic rings. The van der Waals surface area contributed by atoms with Crippen molar-refractivity contribution in [2.45, 2.75) is 26.4 Å². The van der Waals surface area contributed by atoms with Crippen molar-refractivity contribution in [3.8, 4) is 17.0 Å². The summed E-state index contributed by atoms with van der Waals surface area (Å²) in [5, 5.41) is 6.17. The summed E-state index contributed by atoms with van der Waals surface area (Å²) in [6.07, 6.45) is 1.50. The molecule has 11 heteroatoms. The van der Waals surface area contributed by atoms with Gasteiger partial charge < -0.3 is 15.4 Å². The number of carbonyl (C=O) groups excluding carboxylic acids is 1. The summed E-state index contributed by atoms with van der Waals surface area (Å²) in [6.45, 7) is 3.58. The summed E-state index contributed by atoms with van der Waals surface area (Å²) in [5.74, 6) is 0.655. The van der Waals surface area contributed by atoms with Crippen molar-refractivity contribution in [3.63, 3.8) is 0 Å². The van der Waals surface area contributed by atoms with Gasteiger partial charge in [0, 0.05) is 30.4 Å². The Kier molecular flexibility index (Phi) is 7.32. The fourth-order valence-electron chi connectivity index (χ4n) is 3.56. The second-order valence-corrected chi connectivity index (χ2v) is 8.00. The van der Waals surface area contributed by atoms with Crippen molar-refractivity contribution in [3.05, 3.63) is 78.1 Å². The standard InChI is InChI=1S/C26H23F3N6O2/c1-4-22(36)18-13-33-24(34-16-8-9-23(32-12-16)26(27,28)29)10-20(18)35-19-7-5-6-17(25(19)37-3)21-14-30-15(2)11-31-21/h5-14H,4H2,1-3H3,(H2,33,34,35). The molecule has 0 bridgehead atoms. The number of carbonyl (C=O) groups is 1. The Morgan fingerprint density at radius 2 is 1.76 bits per heavy atom. The fourth-order valence-corrected chi connectivity index (χ4v) is 3.56. The Morgan fingerprint density at radius 3 is 2.38 bits per heavy atom. The van der Waals surface area contributed by atoms with Crippen LogP contribution in [0.5, 0.6) is 5.75 Å². The summed E-state index contributed by atoms with van der Waals surface area (Å²) >= 11 is 0. The van der Waals surface area contributed by atoms with Crippen LogP contribution in [0, 0.1) is 6.92 Å². The van der Waals surface area contributed by atoms with E-state index in [0.29, 0.717) is 45.5 Å². The molecule has 0 aliphatic carbocycles. The Hall–Kier alpha value is -4.54. The molecule has 0 fully saturated rings. The predicted molar refractivity (Wildman–Crippen MR) is 133 cm³/mol. The molecule has 0 unspecified atom stereocenters. The van der Waals surface area contributed by atoms with Crippen LogP contribution in [0.4, 0.5) is 36.1 Å². The largest absolute Gasteiger partial charge is 0.494 e. The topological polar surface area (TPSA) is 102 Å². The molecule has 4 rings (SSSR count). The number of benzene rings is 1. The number of para-hydroxylation sites is 1. The van der Waals surface area contributed by atoms with E-state index in [1.54, 1.807) is 31.5 Å². The normalized spacial score (nSPS) is 11.2. The smallest absolute Gasteiger partial charge is 0.433 e. The highest BCUT2D eigenvalue weighted by Gasteiger charge is 2.32. The number of methoxy groups -OCH3 is 1. The maximum Gasteiger partial charge on any atom is 0.433 e. The van der Waals surface area contributed by atoms with Crippen molar-refractivity contribution in [2.24, 2.45) is 0 Å². The number of ketones is 1. The summed E-state index contributed by atoms with van der Waals surface area (Å²) in [6, 6.07) is 9.18. The molecule has 0 spiro atoms. The molecule has 0 saturated heterocycles. The van der Waals surface area contributed by atoms with E-state index in [2.05, 4.69) is 30.6 Å². The summed E-state index contributed by atoms with van der Waals surface area (Å²) in [4.78, 5) is 29.1. The molecule has 2 N–H and O–H groups in total. The minimum Gasteiger partial charge on any atom is -0.494 e. The van der Waals surface area contributed by atoms with Gasteiger partial charge in [-0.3, -0.25) is 14.8 Å². The van der Waals surface area contributed by atoms with E-state index in [9.17, 15) is 18.0 Å². The highest BCUT2D eigenvalue weighted by molar-refractivity contribution is 6.02. The number of nitrogens with one attached hydrogen (secondary N) is 2. The Labute approximate surface area is 211 Å². The van der Waals surface area contributed by atoms with Crippen LogP contribution < -0.4 is 15.4 Å². The molecule has 1 aromatic carbocycles. The average molecular weight is 509 g/mol. The Bertz CT molecular complexity index is 1410. The van der Waals surface area contributed by atoms with E-state index < -0.39 is 11.9 Å². The van der Waals surface area contributed by atoms with Gasteiger partial charge in [0.1, 0.15) is 11.5 Å². The zero-order valence-electron chi connectivity index (χ0n) is 20.2. The zero-order chi connectivity index (χ0) is 26.6. The third-order valence-electron chi connectivity index (χ3n) is 5.40. The summed E-state index contributed by atoms with van der Waals surface area (Å²) in [7, 11) is 1.53. The number of pyridine rings is 2. The van der Waals surface area contributed by atoms with Crippen LogP contribution in [0.15, 0.2) is 61.2 Å². The van der Waals surface area contributed by atoms with Gasteiger partial charge in [-0.2, -0.15) is 13.2 Å². The lowest BCUT2D eigenvalue weighted by Crippen LogP contribution is -2.08. The second-order valence-electron chi connectivity index (χ2n) is 8.00. The van der Waals surface area contributed by atoms with Crippen LogP contribution >= 0.6 is 0 Å². The van der Waals surface area contributed by atoms with Gasteiger partial charge in [0.15, 0.2) is 11.5 Å². The minimum atomic E-state index is -4.53. The van der Waals surface area contributed by atoms with Crippen molar-refractivity contribution in [1.82, 2.24) is 19.9 Å². The van der Waals surface area contributed by atoms with Crippen LogP contribution in [-0.2, 0) is 6.18 Å². The number of hydrogen-bond donors (Lipinski definition) is 2. The predicted octanol–water partition coefficient (Wildman–Crippen LogP) is 6.35. The molecule has 0 radical (unpaired) electrons. The first-order valence-corrected chi connectivity index (χ1v) is 11.3. The lowest BCUT2D eigenvalue weighted by molar-refractivity contribution is -0.141. The average Bonchev–Trinajstić information content (AvgIpc) is 2.88. The number of alkyl halides is 3. The van der Waals surface area contributed by atoms with Crippen LogP contribution in [0.2, 0.25) is 0 Å². The molecule has 37 heavy (non-hydrogen) atoms. The van der Waals surface area contributed by atoms with Crippen molar-refractivity contribution >= 4 is 28.7 Å². The van der Waals surface area contributed by atoms with Gasteiger partial charge in [-0.25, -0.2) is 9.97 Å². The van der Waals surface area contributed by atoms with E-state index in [1.807, 2.05) is 19.1 Å². The number of halogens is 3. The molecule has 0 atom stereocenters. The van der Waals surface area contributed by atoms with E-state index in [4.69, 9.17) is 4.74 Å². The van der Waals surface area contributed by atoms with Crippen molar-refractivity contribution < 1.29 is 22.7 Å². The van der Waals surface area contributed by atoms with Crippen LogP contribution in [0.1, 0.15) is 35.1 Å². The number of hydrogen-bond acceptors (Lipinski definition) is 8. The molecule has 0 amide bonds. The second kappa shape index (κ2) is 10.6. The van der Waals surface area contributed by atoms with E-state index in [0.717, 1.165) is 18.0 Å². The molecule has 0 aliphatic heterocycles. The molecule has 8 nitrogen and oxygen atoms in total. The number of rotatable bonds is 8. The highest BCUT2D eigenvalue weighted by atomic mass is 19.4. The molecular weight excluding hydrogens is 485 g/mol. The number of ether oxygens (including phenoxy) is 1. The first-order valence-electron chi connectivity index (χ1n) is 11.3. The number of aromatic nitrogens is 4. The van der Waals surface area contributed by atoms with Gasteiger partial charge in [0.25, 0.3) is 0 Å². The molecule has 0 aliphatic rings. The number of Topliss-reactive ketones (excluding diaryl/α,β-unsaturated/α-hetero) is 1. The van der Waals surface area contributed by atoms with Gasteiger partial charge in [-0.15, -0.1) is 0 Å². The van der Waals surface area contributed by atoms with E-state index in [-0.39, 0.29) is 12.2 Å². The summed E-state index contributed by atoms with van der Waals surface area (Å²) in [5.41, 5.74) is 2.76. The van der Waals surface area contributed by atoms with Crippen molar-refractivity contribution in [2.75, 3.05) is 17.7 Å². The first-order chi connectivity index (χ1) is 17.7. The molecule has 190 valence electrons. The van der Waals surface area contributed by atoms with Crippen LogP contribution in [0.3, 0.4) is 0 Å². The fraction of sp³-hybridized carbons (Fsp3) is 0.192. The third kappa shape index (κ3) is 5.83.